The topological polar surface area (TPSA) is 110 Å². The van der Waals surface area contributed by atoms with Crippen molar-refractivity contribution in [2.75, 3.05) is 0 Å². The van der Waals surface area contributed by atoms with E-state index in [1.807, 2.05) is 0 Å². The van der Waals surface area contributed by atoms with Crippen LogP contribution in [-0.2, 0) is 9.59 Å². The van der Waals surface area contributed by atoms with Crippen LogP contribution >= 0.6 is 0 Å². The van der Waals surface area contributed by atoms with Gasteiger partial charge in [0.15, 0.2) is 0 Å². The molecule has 0 rings (SSSR count). The normalized spacial score (nSPS) is 9.14. The minimum atomic E-state index is -0.759. The molecule has 0 unspecified atom stereocenters. The Hall–Kier alpha value is -1.10. The molecule has 0 spiro atoms. The average Bonchev–Trinajstić information content (AvgIpc) is 2.01. The molecule has 5 nitrogen and oxygen atoms in total. The van der Waals surface area contributed by atoms with Gasteiger partial charge in [-0.25, -0.2) is 0 Å². The van der Waals surface area contributed by atoms with E-state index in [9.17, 15) is 9.59 Å². The highest BCUT2D eigenvalue weighted by molar-refractivity contribution is 5.66. The summed E-state index contributed by atoms with van der Waals surface area (Å²) in [6.45, 7) is 0. The van der Waals surface area contributed by atoms with Crippen molar-refractivity contribution < 1.29 is 21.2 Å². The van der Waals surface area contributed by atoms with Crippen LogP contribution in [0.25, 0.3) is 0 Å². The van der Waals surface area contributed by atoms with E-state index < -0.39 is 11.9 Å². The van der Waals surface area contributed by atoms with Gasteiger partial charge in [-0.1, -0.05) is 19.3 Å². The molecule has 5 N–H and O–H groups in total. The largest absolute Gasteiger partial charge is 0.481 e. The summed E-state index contributed by atoms with van der Waals surface area (Å²) in [5.41, 5.74) is 0. The highest BCUT2D eigenvalue weighted by Gasteiger charge is 1.98. The summed E-state index contributed by atoms with van der Waals surface area (Å²) in [5.74, 6) is -1.52. The van der Waals surface area contributed by atoms with Gasteiger partial charge < -0.3 is 16.4 Å². The first kappa shape index (κ1) is 15.4. The third-order valence-electron chi connectivity index (χ3n) is 1.78. The van der Waals surface area contributed by atoms with Gasteiger partial charge in [-0.05, 0) is 12.8 Å². The molecule has 0 aromatic heterocycles. The summed E-state index contributed by atoms with van der Waals surface area (Å²) in [4.78, 5) is 20.2. The predicted molar refractivity (Wildman–Crippen MR) is 53.7 cm³/mol. The van der Waals surface area contributed by atoms with Crippen LogP contribution in [0.2, 0.25) is 0 Å². The molecular weight excluding hydrogens is 186 g/mol. The lowest BCUT2D eigenvalue weighted by Crippen LogP contribution is -1.95. The minimum absolute atomic E-state index is 0. The first-order valence-electron chi connectivity index (χ1n) is 4.56. The molecule has 0 aliphatic carbocycles. The molecule has 0 aliphatic rings. The molecule has 0 saturated heterocycles. The number of carboxylic acid groups (broad SMARTS) is 2. The molecule has 0 atom stereocenters. The third kappa shape index (κ3) is 13.5. The van der Waals surface area contributed by atoms with E-state index in [0.717, 1.165) is 19.3 Å². The van der Waals surface area contributed by atoms with Gasteiger partial charge in [0.2, 0.25) is 0 Å². The van der Waals surface area contributed by atoms with Gasteiger partial charge in [0, 0.05) is 14.3 Å². The average molecular weight is 206 g/mol. The first-order valence-corrected chi connectivity index (χ1v) is 4.56. The van der Waals surface area contributed by atoms with E-state index in [-0.39, 0.29) is 20.4 Å². The Balaban J connectivity index is -0.000000720. The van der Waals surface area contributed by atoms with Crippen LogP contribution in [0.5, 0.6) is 0 Å². The van der Waals surface area contributed by atoms with Gasteiger partial charge in [-0.2, -0.15) is 0 Å². The predicted octanol–water partition coefficient (Wildman–Crippen LogP) is 2.16. The van der Waals surface area contributed by atoms with Crippen LogP contribution in [0.15, 0.2) is 0 Å². The van der Waals surface area contributed by atoms with Crippen molar-refractivity contribution in [3.8, 4) is 0 Å². The molecule has 0 aromatic carbocycles. The quantitative estimate of drug-likeness (QED) is 0.527. The Kier molecular flexibility index (Phi) is 11.0. The van der Waals surface area contributed by atoms with E-state index in [1.54, 1.807) is 0 Å². The smallest absolute Gasteiger partial charge is 0.303 e. The van der Waals surface area contributed by atoms with Crippen LogP contribution in [0.1, 0.15) is 46.4 Å². The second-order valence-electron chi connectivity index (χ2n) is 3.06. The maximum atomic E-state index is 10.1. The van der Waals surface area contributed by atoms with E-state index in [1.165, 1.54) is 0 Å². The molecule has 0 saturated carbocycles. The molecular formula is C9H20NO4. The zero-order chi connectivity index (χ0) is 10.1. The highest BCUT2D eigenvalue weighted by atomic mass is 16.4. The molecule has 0 aromatic rings. The van der Waals surface area contributed by atoms with Gasteiger partial charge in [0.05, 0.1) is 0 Å². The van der Waals surface area contributed by atoms with Crippen molar-refractivity contribution in [1.29, 1.82) is 0 Å². The monoisotopic (exact) mass is 206 g/mol. The summed E-state index contributed by atoms with van der Waals surface area (Å²) in [7, 11) is 0. The van der Waals surface area contributed by atoms with Crippen molar-refractivity contribution in [2.24, 2.45) is 0 Å². The van der Waals surface area contributed by atoms with Crippen LogP contribution < -0.4 is 6.15 Å². The minimum Gasteiger partial charge on any atom is -0.481 e. The van der Waals surface area contributed by atoms with Gasteiger partial charge >= 0.3 is 11.9 Å². The highest BCUT2D eigenvalue weighted by Crippen LogP contribution is 2.06. The molecule has 0 bridgehead atoms. The number of carbonyl (C=O) groups is 2. The van der Waals surface area contributed by atoms with E-state index in [4.69, 9.17) is 10.2 Å². The fourth-order valence-corrected chi connectivity index (χ4v) is 1.08. The number of hydrogen-bond donors (Lipinski definition) is 3. The Morgan fingerprint density at radius 2 is 1.07 bits per heavy atom. The Morgan fingerprint density at radius 3 is 1.36 bits per heavy atom. The van der Waals surface area contributed by atoms with Gasteiger partial charge in [0.25, 0.3) is 0 Å². The van der Waals surface area contributed by atoms with Gasteiger partial charge in [-0.3, -0.25) is 9.59 Å². The second kappa shape index (κ2) is 9.98. The molecule has 0 amide bonds. The van der Waals surface area contributed by atoms with Crippen LogP contribution in [0.3, 0.4) is 0 Å². The fourth-order valence-electron chi connectivity index (χ4n) is 1.08. The summed E-state index contributed by atoms with van der Waals surface area (Å²) < 4.78 is 0. The summed E-state index contributed by atoms with van der Waals surface area (Å²) in [6, 6.07) is 0. The fraction of sp³-hybridized carbons (Fsp3) is 0.778. The molecule has 14 heavy (non-hydrogen) atoms. The number of hydrogen-bond acceptors (Lipinski definition) is 3. The molecule has 85 valence electrons. The van der Waals surface area contributed by atoms with Crippen molar-refractivity contribution in [3.05, 3.63) is 0 Å². The zero-order valence-electron chi connectivity index (χ0n) is 9.37. The lowest BCUT2D eigenvalue weighted by Gasteiger charge is -1.97. The second-order valence-corrected chi connectivity index (χ2v) is 3.06. The number of rotatable bonds is 8. The lowest BCUT2D eigenvalue weighted by molar-refractivity contribution is -0.138. The third-order valence-corrected chi connectivity index (χ3v) is 1.78. The number of aliphatic carboxylic acids is 2. The summed E-state index contributed by atoms with van der Waals surface area (Å²) >= 11 is 0. The van der Waals surface area contributed by atoms with E-state index >= 15 is 0 Å². The SMILES string of the molecule is N.O=C(O)CCCCCCCC(=O)O.[H]. The summed E-state index contributed by atoms with van der Waals surface area (Å²) in [5, 5.41) is 16.6. The molecule has 0 fully saturated rings. The lowest BCUT2D eigenvalue weighted by atomic mass is 10.1. The van der Waals surface area contributed by atoms with Crippen molar-refractivity contribution in [3.63, 3.8) is 0 Å². The maximum absolute atomic E-state index is 10.1. The van der Waals surface area contributed by atoms with Gasteiger partial charge in [-0.15, -0.1) is 0 Å². The van der Waals surface area contributed by atoms with Crippen molar-refractivity contribution >= 4 is 11.9 Å². The number of unbranched alkanes of at least 4 members (excludes halogenated alkanes) is 4. The van der Waals surface area contributed by atoms with Crippen LogP contribution in [-0.4, -0.2) is 22.2 Å². The summed E-state index contributed by atoms with van der Waals surface area (Å²) in [6.07, 6.45) is 4.53. The van der Waals surface area contributed by atoms with E-state index in [2.05, 4.69) is 0 Å². The van der Waals surface area contributed by atoms with E-state index in [0.29, 0.717) is 12.8 Å². The maximum Gasteiger partial charge on any atom is 0.303 e. The standard InChI is InChI=1S/C9H16O4.H3N.H/c10-8(11)6-4-2-1-3-5-7-9(12)13;;/h1-7H2,(H,10,11)(H,12,13);1H3;. The molecule has 1 radical (unpaired) electrons. The first-order chi connectivity index (χ1) is 6.13. The van der Waals surface area contributed by atoms with Crippen LogP contribution in [0.4, 0.5) is 0 Å². The van der Waals surface area contributed by atoms with Crippen molar-refractivity contribution in [2.45, 2.75) is 44.9 Å². The molecule has 5 heteroatoms. The van der Waals surface area contributed by atoms with Crippen LogP contribution in [0, 0.1) is 0 Å². The zero-order valence-corrected chi connectivity index (χ0v) is 8.37. The van der Waals surface area contributed by atoms with Crippen molar-refractivity contribution in [1.82, 2.24) is 6.15 Å². The Labute approximate surface area is 85.2 Å². The molecule has 0 aliphatic heterocycles. The number of carboxylic acids is 2. The Morgan fingerprint density at radius 1 is 0.786 bits per heavy atom. The Bertz CT molecular complexity index is 157. The molecule has 0 heterocycles. The van der Waals surface area contributed by atoms with Gasteiger partial charge in [0.1, 0.15) is 0 Å².